The highest BCUT2D eigenvalue weighted by atomic mass is 16.5. The maximum atomic E-state index is 11.5. The number of hydrogen-bond donors (Lipinski definition) is 2. The van der Waals surface area contributed by atoms with Gasteiger partial charge in [-0.3, -0.25) is 10.1 Å². The third kappa shape index (κ3) is 4.82. The summed E-state index contributed by atoms with van der Waals surface area (Å²) in [6, 6.07) is 3.17. The van der Waals surface area contributed by atoms with E-state index in [4.69, 9.17) is 0 Å². The fourth-order valence-corrected chi connectivity index (χ4v) is 1.43. The van der Waals surface area contributed by atoms with Gasteiger partial charge in [-0.2, -0.15) is 0 Å². The Balaban J connectivity index is 2.47. The van der Waals surface area contributed by atoms with Gasteiger partial charge in [-0.15, -0.1) is 0 Å². The van der Waals surface area contributed by atoms with Gasteiger partial charge in [0, 0.05) is 5.69 Å². The van der Waals surface area contributed by atoms with Gasteiger partial charge in [0.2, 0.25) is 0 Å². The number of amides is 2. The van der Waals surface area contributed by atoms with Crippen LogP contribution < -0.4 is 10.6 Å². The molecule has 0 aliphatic rings. The van der Waals surface area contributed by atoms with Gasteiger partial charge in [-0.1, -0.05) is 0 Å². The van der Waals surface area contributed by atoms with Gasteiger partial charge in [0.05, 0.1) is 6.61 Å². The number of pyridine rings is 1. The first-order valence-corrected chi connectivity index (χ1v) is 5.67. The number of hydrogen-bond acceptors (Lipinski definition) is 4. The predicted octanol–water partition coefficient (Wildman–Crippen LogP) is 1.38. The molecule has 1 aromatic rings. The molecule has 0 fully saturated rings. The maximum absolute atomic E-state index is 11.5. The van der Waals surface area contributed by atoms with Crippen LogP contribution in [0.2, 0.25) is 0 Å². The molecule has 0 aliphatic heterocycles. The quantitative estimate of drug-likeness (QED) is 0.792. The van der Waals surface area contributed by atoms with Gasteiger partial charge in [0.1, 0.15) is 12.4 Å². The Bertz CT molecular complexity index is 426. The molecule has 0 unspecified atom stereocenters. The molecule has 0 saturated heterocycles. The van der Waals surface area contributed by atoms with Crippen molar-refractivity contribution in [3.05, 3.63) is 23.4 Å². The summed E-state index contributed by atoms with van der Waals surface area (Å²) < 4.78 is 4.68. The average molecular weight is 251 g/mol. The number of anilines is 1. The largest absolute Gasteiger partial charge is 0.465 e. The van der Waals surface area contributed by atoms with E-state index in [1.165, 1.54) is 0 Å². The van der Waals surface area contributed by atoms with Crippen LogP contribution in [0, 0.1) is 13.8 Å². The fraction of sp³-hybridized carbons (Fsp3) is 0.417. The summed E-state index contributed by atoms with van der Waals surface area (Å²) >= 11 is 0. The van der Waals surface area contributed by atoms with Crippen molar-refractivity contribution < 1.29 is 14.3 Å². The number of ether oxygens (including phenoxy) is 1. The molecule has 0 aliphatic carbocycles. The van der Waals surface area contributed by atoms with E-state index in [-0.39, 0.29) is 6.54 Å². The minimum atomic E-state index is -0.486. The first kappa shape index (κ1) is 14.0. The maximum Gasteiger partial charge on any atom is 0.325 e. The number of carbonyl (C=O) groups is 2. The molecule has 0 saturated carbocycles. The van der Waals surface area contributed by atoms with Crippen molar-refractivity contribution in [2.45, 2.75) is 20.8 Å². The number of urea groups is 1. The SMILES string of the molecule is CCOC(=O)CNC(=O)Nc1cc(C)cc(C)n1. The van der Waals surface area contributed by atoms with Crippen LogP contribution in [0.3, 0.4) is 0 Å². The van der Waals surface area contributed by atoms with Gasteiger partial charge >= 0.3 is 12.0 Å². The van der Waals surface area contributed by atoms with Crippen molar-refractivity contribution in [3.63, 3.8) is 0 Å². The van der Waals surface area contributed by atoms with Crippen molar-refractivity contribution in [1.82, 2.24) is 10.3 Å². The molecule has 2 N–H and O–H groups in total. The van der Waals surface area contributed by atoms with Crippen LogP contribution in [0.1, 0.15) is 18.2 Å². The smallest absolute Gasteiger partial charge is 0.325 e. The first-order chi connectivity index (χ1) is 8.51. The van der Waals surface area contributed by atoms with E-state index in [0.717, 1.165) is 11.3 Å². The van der Waals surface area contributed by atoms with Crippen molar-refractivity contribution in [2.24, 2.45) is 0 Å². The van der Waals surface area contributed by atoms with Crippen LogP contribution in [0.5, 0.6) is 0 Å². The molecule has 0 radical (unpaired) electrons. The summed E-state index contributed by atoms with van der Waals surface area (Å²) in [5.41, 5.74) is 1.82. The zero-order chi connectivity index (χ0) is 13.5. The van der Waals surface area contributed by atoms with E-state index in [0.29, 0.717) is 12.4 Å². The number of aryl methyl sites for hydroxylation is 2. The summed E-state index contributed by atoms with van der Waals surface area (Å²) in [7, 11) is 0. The molecule has 18 heavy (non-hydrogen) atoms. The monoisotopic (exact) mass is 251 g/mol. The molecule has 0 spiro atoms. The van der Waals surface area contributed by atoms with E-state index >= 15 is 0 Å². The third-order valence-electron chi connectivity index (χ3n) is 2.04. The molecule has 1 heterocycles. The lowest BCUT2D eigenvalue weighted by molar-refractivity contribution is -0.141. The summed E-state index contributed by atoms with van der Waals surface area (Å²) in [5, 5.41) is 4.94. The topological polar surface area (TPSA) is 80.3 Å². The van der Waals surface area contributed by atoms with E-state index in [1.54, 1.807) is 13.0 Å². The Morgan fingerprint density at radius 2 is 2.06 bits per heavy atom. The van der Waals surface area contributed by atoms with Crippen molar-refractivity contribution >= 4 is 17.8 Å². The van der Waals surface area contributed by atoms with Gasteiger partial charge in [-0.05, 0) is 38.5 Å². The molecule has 6 nitrogen and oxygen atoms in total. The molecule has 1 aromatic heterocycles. The number of rotatable bonds is 4. The molecule has 1 rings (SSSR count). The Morgan fingerprint density at radius 1 is 1.33 bits per heavy atom. The second kappa shape index (κ2) is 6.58. The number of esters is 1. The number of nitrogens with zero attached hydrogens (tertiary/aromatic N) is 1. The van der Waals surface area contributed by atoms with E-state index < -0.39 is 12.0 Å². The molecule has 0 aromatic carbocycles. The summed E-state index contributed by atoms with van der Waals surface area (Å²) in [6.07, 6.45) is 0. The van der Waals surface area contributed by atoms with Gasteiger partial charge in [0.25, 0.3) is 0 Å². The average Bonchev–Trinajstić information content (AvgIpc) is 2.25. The highest BCUT2D eigenvalue weighted by Crippen LogP contribution is 2.08. The molecule has 98 valence electrons. The molecule has 0 bridgehead atoms. The van der Waals surface area contributed by atoms with Gasteiger partial charge in [-0.25, -0.2) is 9.78 Å². The lowest BCUT2D eigenvalue weighted by Crippen LogP contribution is -2.34. The van der Waals surface area contributed by atoms with Crippen LogP contribution >= 0.6 is 0 Å². The summed E-state index contributed by atoms with van der Waals surface area (Å²) in [4.78, 5) is 26.7. The Morgan fingerprint density at radius 3 is 2.67 bits per heavy atom. The zero-order valence-corrected chi connectivity index (χ0v) is 10.7. The zero-order valence-electron chi connectivity index (χ0n) is 10.7. The first-order valence-electron chi connectivity index (χ1n) is 5.67. The molecular weight excluding hydrogens is 234 g/mol. The summed E-state index contributed by atoms with van der Waals surface area (Å²) in [6.45, 7) is 5.59. The highest BCUT2D eigenvalue weighted by Gasteiger charge is 2.07. The van der Waals surface area contributed by atoms with E-state index in [1.807, 2.05) is 19.9 Å². The molecular formula is C12H17N3O3. The second-order valence-corrected chi connectivity index (χ2v) is 3.78. The van der Waals surface area contributed by atoms with Crippen molar-refractivity contribution in [3.8, 4) is 0 Å². The van der Waals surface area contributed by atoms with E-state index in [9.17, 15) is 9.59 Å². The number of aromatic nitrogens is 1. The van der Waals surface area contributed by atoms with Crippen LogP contribution in [-0.2, 0) is 9.53 Å². The second-order valence-electron chi connectivity index (χ2n) is 3.78. The van der Waals surface area contributed by atoms with Gasteiger partial charge < -0.3 is 10.1 Å². The third-order valence-corrected chi connectivity index (χ3v) is 2.04. The minimum Gasteiger partial charge on any atom is -0.465 e. The molecule has 2 amide bonds. The van der Waals surface area contributed by atoms with Crippen molar-refractivity contribution in [1.29, 1.82) is 0 Å². The number of nitrogens with one attached hydrogen (secondary N) is 2. The van der Waals surface area contributed by atoms with Crippen molar-refractivity contribution in [2.75, 3.05) is 18.5 Å². The van der Waals surface area contributed by atoms with Crippen LogP contribution in [0.25, 0.3) is 0 Å². The fourth-order valence-electron chi connectivity index (χ4n) is 1.43. The Kier molecular flexibility index (Phi) is 5.10. The minimum absolute atomic E-state index is 0.162. The molecule has 6 heteroatoms. The normalized spacial score (nSPS) is 9.72. The van der Waals surface area contributed by atoms with Crippen LogP contribution in [0.4, 0.5) is 10.6 Å². The summed E-state index contributed by atoms with van der Waals surface area (Å²) in [5.74, 6) is -0.0186. The Labute approximate surface area is 106 Å². The highest BCUT2D eigenvalue weighted by molar-refractivity contribution is 5.90. The lowest BCUT2D eigenvalue weighted by Gasteiger charge is -2.08. The molecule has 0 atom stereocenters. The standard InChI is InChI=1S/C12H17N3O3/c1-4-18-11(16)7-13-12(17)15-10-6-8(2)5-9(3)14-10/h5-6H,4,7H2,1-3H3,(H2,13,14,15,17). The Hall–Kier alpha value is -2.11. The van der Waals surface area contributed by atoms with Crippen LogP contribution in [0.15, 0.2) is 12.1 Å². The van der Waals surface area contributed by atoms with Crippen LogP contribution in [-0.4, -0.2) is 30.1 Å². The van der Waals surface area contributed by atoms with E-state index in [2.05, 4.69) is 20.4 Å². The van der Waals surface area contributed by atoms with Gasteiger partial charge in [0.15, 0.2) is 0 Å². The lowest BCUT2D eigenvalue weighted by atomic mass is 10.2. The predicted molar refractivity (Wildman–Crippen MR) is 67.4 cm³/mol. The number of carbonyl (C=O) groups excluding carboxylic acids is 2.